The average Bonchev–Trinajstić information content (AvgIpc) is 3.19. The van der Waals surface area contributed by atoms with Gasteiger partial charge >= 0.3 is 0 Å². The molecule has 3 heteroatoms. The first-order valence-electron chi connectivity index (χ1n) is 13.7. The highest BCUT2D eigenvalue weighted by atomic mass is 16.3. The van der Waals surface area contributed by atoms with Crippen molar-refractivity contribution in [3.63, 3.8) is 0 Å². The third kappa shape index (κ3) is 16.3. The maximum absolute atomic E-state index is 9.09. The highest BCUT2D eigenvalue weighted by molar-refractivity contribution is 5.62. The highest BCUT2D eigenvalue weighted by Crippen LogP contribution is 2.17. The lowest BCUT2D eigenvalue weighted by Crippen LogP contribution is -2.32. The molecular weight excluding hydrogens is 368 g/mol. The molecule has 0 spiro atoms. The molecule has 0 aromatic heterocycles. The standard InChI is InChI=1S/C27H54N2O/c1-2-3-4-5-6-7-8-9-10-11-12-13-14-15-16-17-18-19-20-21-22-27-28-23-24-29(27)25-26-30/h23,27,30H,2-22,24-26H2,1H3. The first-order valence-corrected chi connectivity index (χ1v) is 13.7. The number of nitrogens with zero attached hydrogens (tertiary/aromatic N) is 2. The van der Waals surface area contributed by atoms with Gasteiger partial charge in [0.1, 0.15) is 6.17 Å². The van der Waals surface area contributed by atoms with Gasteiger partial charge in [0.25, 0.3) is 0 Å². The van der Waals surface area contributed by atoms with Gasteiger partial charge in [0.05, 0.1) is 6.61 Å². The summed E-state index contributed by atoms with van der Waals surface area (Å²) in [5.41, 5.74) is 0. The summed E-state index contributed by atoms with van der Waals surface area (Å²) >= 11 is 0. The van der Waals surface area contributed by atoms with Crippen molar-refractivity contribution in [2.24, 2.45) is 4.99 Å². The Morgan fingerprint density at radius 2 is 1.07 bits per heavy atom. The van der Waals surface area contributed by atoms with Crippen LogP contribution >= 0.6 is 0 Å². The van der Waals surface area contributed by atoms with Crippen LogP contribution in [0.15, 0.2) is 4.99 Å². The van der Waals surface area contributed by atoms with Gasteiger partial charge in [-0.2, -0.15) is 0 Å². The molecule has 0 saturated heterocycles. The van der Waals surface area contributed by atoms with Crippen molar-refractivity contribution >= 4 is 6.21 Å². The van der Waals surface area contributed by atoms with Crippen molar-refractivity contribution in [1.82, 2.24) is 4.90 Å². The summed E-state index contributed by atoms with van der Waals surface area (Å²) in [4.78, 5) is 6.83. The Hall–Kier alpha value is -0.410. The number of unbranched alkanes of at least 4 members (excludes halogenated alkanes) is 19. The van der Waals surface area contributed by atoms with Crippen LogP contribution in [0.4, 0.5) is 0 Å². The van der Waals surface area contributed by atoms with Crippen LogP contribution in [-0.2, 0) is 0 Å². The number of β-amino-alcohol motifs (C(OH)–C–C–N with tert-alkyl or cyclic N) is 1. The number of hydrogen-bond acceptors (Lipinski definition) is 3. The van der Waals surface area contributed by atoms with Gasteiger partial charge in [-0.15, -0.1) is 0 Å². The van der Waals surface area contributed by atoms with Crippen LogP contribution in [0.5, 0.6) is 0 Å². The maximum atomic E-state index is 9.09. The van der Waals surface area contributed by atoms with E-state index >= 15 is 0 Å². The third-order valence-corrected chi connectivity index (χ3v) is 6.72. The lowest BCUT2D eigenvalue weighted by atomic mass is 10.0. The number of hydrogen-bond donors (Lipinski definition) is 1. The molecule has 1 heterocycles. The molecule has 1 unspecified atom stereocenters. The summed E-state index contributed by atoms with van der Waals surface area (Å²) in [5, 5.41) is 9.09. The van der Waals surface area contributed by atoms with Crippen LogP contribution < -0.4 is 0 Å². The predicted molar refractivity (Wildman–Crippen MR) is 134 cm³/mol. The molecule has 0 radical (unpaired) electrons. The molecule has 0 saturated carbocycles. The van der Waals surface area contributed by atoms with Gasteiger partial charge in [-0.05, 0) is 12.8 Å². The van der Waals surface area contributed by atoms with E-state index in [-0.39, 0.29) is 6.61 Å². The maximum Gasteiger partial charge on any atom is 0.102 e. The largest absolute Gasteiger partial charge is 0.395 e. The van der Waals surface area contributed by atoms with Gasteiger partial charge < -0.3 is 5.11 Å². The normalized spacial score (nSPS) is 16.7. The van der Waals surface area contributed by atoms with Gasteiger partial charge in [-0.3, -0.25) is 9.89 Å². The van der Waals surface area contributed by atoms with Crippen LogP contribution in [0.3, 0.4) is 0 Å². The van der Waals surface area contributed by atoms with E-state index in [0.29, 0.717) is 6.17 Å². The van der Waals surface area contributed by atoms with Gasteiger partial charge in [-0.1, -0.05) is 129 Å². The fourth-order valence-electron chi connectivity index (χ4n) is 4.70. The highest BCUT2D eigenvalue weighted by Gasteiger charge is 2.19. The zero-order valence-corrected chi connectivity index (χ0v) is 20.5. The van der Waals surface area contributed by atoms with Gasteiger partial charge in [-0.25, -0.2) is 0 Å². The van der Waals surface area contributed by atoms with Gasteiger partial charge in [0, 0.05) is 19.3 Å². The Kier molecular flexibility index (Phi) is 20.1. The van der Waals surface area contributed by atoms with Gasteiger partial charge in [0.15, 0.2) is 0 Å². The SMILES string of the molecule is CCCCCCCCCCCCCCCCCCCCCCC1N=CCN1CCO. The Bertz CT molecular complexity index is 372. The van der Waals surface area contributed by atoms with Crippen molar-refractivity contribution in [3.8, 4) is 0 Å². The van der Waals surface area contributed by atoms with E-state index in [4.69, 9.17) is 5.11 Å². The minimum absolute atomic E-state index is 0.249. The Balaban J connectivity index is 1.70. The molecule has 0 aliphatic carbocycles. The van der Waals surface area contributed by atoms with E-state index in [1.54, 1.807) is 0 Å². The first-order chi connectivity index (χ1) is 14.9. The second-order valence-corrected chi connectivity index (χ2v) is 9.54. The fraction of sp³-hybridized carbons (Fsp3) is 0.963. The summed E-state index contributed by atoms with van der Waals surface area (Å²) in [5.74, 6) is 0. The topological polar surface area (TPSA) is 35.8 Å². The lowest BCUT2D eigenvalue weighted by molar-refractivity contribution is 0.176. The van der Waals surface area contributed by atoms with Gasteiger partial charge in [0.2, 0.25) is 0 Å². The summed E-state index contributed by atoms with van der Waals surface area (Å²) in [6, 6.07) is 0. The van der Waals surface area contributed by atoms with Crippen molar-refractivity contribution in [1.29, 1.82) is 0 Å². The molecule has 3 nitrogen and oxygen atoms in total. The molecule has 0 fully saturated rings. The second kappa shape index (κ2) is 21.8. The molecule has 0 aromatic rings. The molecule has 0 amide bonds. The Labute approximate surface area is 189 Å². The molecule has 1 N–H and O–H groups in total. The molecule has 0 aromatic carbocycles. The van der Waals surface area contributed by atoms with Crippen LogP contribution in [0.25, 0.3) is 0 Å². The van der Waals surface area contributed by atoms with E-state index in [0.717, 1.165) is 19.5 Å². The fourth-order valence-corrected chi connectivity index (χ4v) is 4.70. The van der Waals surface area contributed by atoms with E-state index in [1.807, 2.05) is 6.21 Å². The van der Waals surface area contributed by atoms with E-state index < -0.39 is 0 Å². The predicted octanol–water partition coefficient (Wildman–Crippen LogP) is 7.90. The zero-order valence-electron chi connectivity index (χ0n) is 20.5. The number of rotatable bonds is 23. The average molecular weight is 423 g/mol. The second-order valence-electron chi connectivity index (χ2n) is 9.54. The summed E-state index contributed by atoms with van der Waals surface area (Å²) in [6.07, 6.45) is 32.2. The Morgan fingerprint density at radius 3 is 1.47 bits per heavy atom. The van der Waals surface area contributed by atoms with Crippen LogP contribution in [0.1, 0.15) is 142 Å². The molecule has 1 aliphatic rings. The number of aliphatic hydroxyl groups is 1. The summed E-state index contributed by atoms with van der Waals surface area (Å²) in [7, 11) is 0. The minimum Gasteiger partial charge on any atom is -0.395 e. The van der Waals surface area contributed by atoms with Crippen LogP contribution in [0.2, 0.25) is 0 Å². The van der Waals surface area contributed by atoms with Crippen molar-refractivity contribution in [2.45, 2.75) is 148 Å². The van der Waals surface area contributed by atoms with Crippen molar-refractivity contribution in [2.75, 3.05) is 19.7 Å². The monoisotopic (exact) mass is 422 g/mol. The molecule has 1 rings (SSSR count). The van der Waals surface area contributed by atoms with Crippen molar-refractivity contribution < 1.29 is 5.11 Å². The molecule has 1 aliphatic heterocycles. The zero-order chi connectivity index (χ0) is 21.5. The molecule has 1 atom stereocenters. The molecule has 178 valence electrons. The number of aliphatic imine (C=N–C) groups is 1. The quantitative estimate of drug-likeness (QED) is 0.170. The van der Waals surface area contributed by atoms with E-state index in [9.17, 15) is 0 Å². The van der Waals surface area contributed by atoms with E-state index in [2.05, 4.69) is 16.8 Å². The molecule has 30 heavy (non-hydrogen) atoms. The summed E-state index contributed by atoms with van der Waals surface area (Å²) in [6.45, 7) is 4.23. The van der Waals surface area contributed by atoms with Crippen LogP contribution in [-0.4, -0.2) is 42.1 Å². The summed E-state index contributed by atoms with van der Waals surface area (Å²) < 4.78 is 0. The molecule has 0 bridgehead atoms. The molecular formula is C27H54N2O. The smallest absolute Gasteiger partial charge is 0.102 e. The van der Waals surface area contributed by atoms with Crippen molar-refractivity contribution in [3.05, 3.63) is 0 Å². The minimum atomic E-state index is 0.249. The first kappa shape index (κ1) is 27.6. The van der Waals surface area contributed by atoms with Crippen LogP contribution in [0, 0.1) is 0 Å². The Morgan fingerprint density at radius 1 is 0.667 bits per heavy atom. The third-order valence-electron chi connectivity index (χ3n) is 6.72. The lowest BCUT2D eigenvalue weighted by Gasteiger charge is -2.21. The van der Waals surface area contributed by atoms with E-state index in [1.165, 1.54) is 128 Å². The number of aliphatic hydroxyl groups excluding tert-OH is 1.